The largest absolute Gasteiger partial charge is 0.383 e. The van der Waals surface area contributed by atoms with E-state index in [1.807, 2.05) is 24.3 Å². The molecule has 2 rings (SSSR count). The van der Waals surface area contributed by atoms with Gasteiger partial charge in [-0.05, 0) is 35.7 Å². The lowest BCUT2D eigenvalue weighted by Crippen LogP contribution is -2.27. The summed E-state index contributed by atoms with van der Waals surface area (Å²) >= 11 is 0. The van der Waals surface area contributed by atoms with Crippen LogP contribution in [0.4, 0.5) is 0 Å². The van der Waals surface area contributed by atoms with E-state index in [1.165, 1.54) is 18.2 Å². The van der Waals surface area contributed by atoms with Crippen molar-refractivity contribution in [2.24, 2.45) is 0 Å². The molecule has 0 aliphatic rings. The second kappa shape index (κ2) is 8.94. The summed E-state index contributed by atoms with van der Waals surface area (Å²) in [7, 11) is -1.93. The highest BCUT2D eigenvalue weighted by Crippen LogP contribution is 2.11. The highest BCUT2D eigenvalue weighted by molar-refractivity contribution is 7.89. The van der Waals surface area contributed by atoms with Gasteiger partial charge in [-0.1, -0.05) is 36.4 Å². The SMILES string of the molecule is COCCNS(=O)(=O)c1ccc(CNCc2ccccc2C)cc1. The Hall–Kier alpha value is -1.73. The highest BCUT2D eigenvalue weighted by Gasteiger charge is 2.12. The number of ether oxygens (including phenoxy) is 1. The third-order valence-electron chi connectivity index (χ3n) is 3.74. The van der Waals surface area contributed by atoms with E-state index in [2.05, 4.69) is 29.1 Å². The van der Waals surface area contributed by atoms with Crippen LogP contribution in [0.25, 0.3) is 0 Å². The van der Waals surface area contributed by atoms with Gasteiger partial charge < -0.3 is 10.1 Å². The summed E-state index contributed by atoms with van der Waals surface area (Å²) in [5.74, 6) is 0. The minimum absolute atomic E-state index is 0.262. The first-order valence-corrected chi connectivity index (χ1v) is 9.34. The fourth-order valence-electron chi connectivity index (χ4n) is 2.30. The zero-order chi connectivity index (χ0) is 17.4. The fourth-order valence-corrected chi connectivity index (χ4v) is 3.31. The summed E-state index contributed by atoms with van der Waals surface area (Å²) < 4.78 is 31.5. The maximum absolute atomic E-state index is 12.1. The molecule has 130 valence electrons. The van der Waals surface area contributed by atoms with Crippen LogP contribution in [-0.4, -0.2) is 28.7 Å². The normalized spacial score (nSPS) is 11.6. The molecule has 0 aliphatic carbocycles. The summed E-state index contributed by atoms with van der Waals surface area (Å²) in [6.45, 7) is 4.17. The molecule has 2 aromatic carbocycles. The molecular weight excluding hydrogens is 324 g/mol. The van der Waals surface area contributed by atoms with E-state index in [1.54, 1.807) is 12.1 Å². The standard InChI is InChI=1S/C18H24N2O3S/c1-15-5-3-4-6-17(15)14-19-13-16-7-9-18(10-8-16)24(21,22)20-11-12-23-2/h3-10,19-20H,11-14H2,1-2H3. The first kappa shape index (κ1) is 18.6. The van der Waals surface area contributed by atoms with Crippen molar-refractivity contribution in [3.63, 3.8) is 0 Å². The number of benzene rings is 2. The zero-order valence-corrected chi connectivity index (χ0v) is 14.9. The monoisotopic (exact) mass is 348 g/mol. The molecule has 0 saturated heterocycles. The molecule has 0 heterocycles. The lowest BCUT2D eigenvalue weighted by molar-refractivity contribution is 0.204. The van der Waals surface area contributed by atoms with Gasteiger partial charge in [0.2, 0.25) is 10.0 Å². The Morgan fingerprint density at radius 3 is 2.38 bits per heavy atom. The van der Waals surface area contributed by atoms with Crippen molar-refractivity contribution in [3.8, 4) is 0 Å². The van der Waals surface area contributed by atoms with Crippen molar-refractivity contribution >= 4 is 10.0 Å². The summed E-state index contributed by atoms with van der Waals surface area (Å²) in [6.07, 6.45) is 0. The van der Waals surface area contributed by atoms with Crippen molar-refractivity contribution in [2.75, 3.05) is 20.3 Å². The molecule has 0 unspecified atom stereocenters. The Balaban J connectivity index is 1.89. The molecule has 0 radical (unpaired) electrons. The van der Waals surface area contributed by atoms with Gasteiger partial charge in [0.25, 0.3) is 0 Å². The van der Waals surface area contributed by atoms with Crippen LogP contribution in [0.5, 0.6) is 0 Å². The van der Waals surface area contributed by atoms with E-state index in [0.717, 1.165) is 12.1 Å². The predicted octanol–water partition coefficient (Wildman–Crippen LogP) is 2.21. The maximum Gasteiger partial charge on any atom is 0.240 e. The number of methoxy groups -OCH3 is 1. The van der Waals surface area contributed by atoms with Crippen LogP contribution >= 0.6 is 0 Å². The Bertz CT molecular complexity index is 743. The molecule has 6 heteroatoms. The lowest BCUT2D eigenvalue weighted by Gasteiger charge is -2.09. The van der Waals surface area contributed by atoms with Gasteiger partial charge in [-0.3, -0.25) is 0 Å². The minimum atomic E-state index is -3.47. The number of aryl methyl sites for hydroxylation is 1. The molecule has 0 aromatic heterocycles. The molecule has 0 amide bonds. The van der Waals surface area contributed by atoms with Crippen molar-refractivity contribution in [2.45, 2.75) is 24.9 Å². The third-order valence-corrected chi connectivity index (χ3v) is 5.21. The molecule has 0 atom stereocenters. The van der Waals surface area contributed by atoms with E-state index < -0.39 is 10.0 Å². The van der Waals surface area contributed by atoms with E-state index in [-0.39, 0.29) is 11.4 Å². The third kappa shape index (κ3) is 5.42. The van der Waals surface area contributed by atoms with E-state index in [9.17, 15) is 8.42 Å². The van der Waals surface area contributed by atoms with Crippen molar-refractivity contribution in [1.29, 1.82) is 0 Å². The average Bonchev–Trinajstić information content (AvgIpc) is 2.57. The highest BCUT2D eigenvalue weighted by atomic mass is 32.2. The first-order valence-electron chi connectivity index (χ1n) is 7.85. The molecule has 0 bridgehead atoms. The van der Waals surface area contributed by atoms with Crippen LogP contribution in [0.3, 0.4) is 0 Å². The van der Waals surface area contributed by atoms with E-state index >= 15 is 0 Å². The van der Waals surface area contributed by atoms with E-state index in [0.29, 0.717) is 13.2 Å². The zero-order valence-electron chi connectivity index (χ0n) is 14.1. The summed E-state index contributed by atoms with van der Waals surface area (Å²) in [5.41, 5.74) is 3.56. The molecule has 2 aromatic rings. The first-order chi connectivity index (χ1) is 11.5. The van der Waals surface area contributed by atoms with Crippen LogP contribution in [0.1, 0.15) is 16.7 Å². The van der Waals surface area contributed by atoms with Gasteiger partial charge in [-0.15, -0.1) is 0 Å². The average molecular weight is 348 g/mol. The molecule has 0 spiro atoms. The van der Waals surface area contributed by atoms with Gasteiger partial charge in [0.1, 0.15) is 0 Å². The molecule has 2 N–H and O–H groups in total. The molecule has 0 aliphatic heterocycles. The minimum Gasteiger partial charge on any atom is -0.383 e. The van der Waals surface area contributed by atoms with Crippen LogP contribution in [0, 0.1) is 6.92 Å². The van der Waals surface area contributed by atoms with Crippen LogP contribution in [-0.2, 0) is 27.8 Å². The Kier molecular flexibility index (Phi) is 6.93. The fraction of sp³-hybridized carbons (Fsp3) is 0.333. The van der Waals surface area contributed by atoms with Crippen LogP contribution < -0.4 is 10.0 Å². The van der Waals surface area contributed by atoms with Gasteiger partial charge in [0.05, 0.1) is 11.5 Å². The lowest BCUT2D eigenvalue weighted by atomic mass is 10.1. The van der Waals surface area contributed by atoms with Gasteiger partial charge in [0.15, 0.2) is 0 Å². The number of hydrogen-bond donors (Lipinski definition) is 2. The van der Waals surface area contributed by atoms with Gasteiger partial charge in [-0.25, -0.2) is 13.1 Å². The molecular formula is C18H24N2O3S. The van der Waals surface area contributed by atoms with Crippen molar-refractivity contribution in [1.82, 2.24) is 10.0 Å². The van der Waals surface area contributed by atoms with Crippen LogP contribution in [0.2, 0.25) is 0 Å². The summed E-state index contributed by atoms with van der Waals surface area (Å²) in [6, 6.07) is 15.2. The topological polar surface area (TPSA) is 67.4 Å². The van der Waals surface area contributed by atoms with Crippen LogP contribution in [0.15, 0.2) is 53.4 Å². The number of sulfonamides is 1. The second-order valence-electron chi connectivity index (χ2n) is 5.56. The molecule has 0 saturated carbocycles. The number of nitrogens with one attached hydrogen (secondary N) is 2. The Morgan fingerprint density at radius 1 is 1.00 bits per heavy atom. The summed E-state index contributed by atoms with van der Waals surface area (Å²) in [5, 5.41) is 3.38. The van der Waals surface area contributed by atoms with E-state index in [4.69, 9.17) is 4.74 Å². The van der Waals surface area contributed by atoms with Gasteiger partial charge >= 0.3 is 0 Å². The Morgan fingerprint density at radius 2 is 1.71 bits per heavy atom. The van der Waals surface area contributed by atoms with Gasteiger partial charge in [-0.2, -0.15) is 0 Å². The second-order valence-corrected chi connectivity index (χ2v) is 7.33. The number of rotatable bonds is 9. The molecule has 24 heavy (non-hydrogen) atoms. The predicted molar refractivity (Wildman–Crippen MR) is 95.2 cm³/mol. The van der Waals surface area contributed by atoms with Gasteiger partial charge in [0, 0.05) is 26.7 Å². The number of hydrogen-bond acceptors (Lipinski definition) is 4. The molecule has 5 nitrogen and oxygen atoms in total. The maximum atomic E-state index is 12.1. The Labute approximate surface area is 144 Å². The molecule has 0 fully saturated rings. The smallest absolute Gasteiger partial charge is 0.240 e. The summed E-state index contributed by atoms with van der Waals surface area (Å²) in [4.78, 5) is 0.265. The van der Waals surface area contributed by atoms with Crippen molar-refractivity contribution in [3.05, 3.63) is 65.2 Å². The quantitative estimate of drug-likeness (QED) is 0.682. The van der Waals surface area contributed by atoms with Crippen molar-refractivity contribution < 1.29 is 13.2 Å².